The van der Waals surface area contributed by atoms with Crippen molar-refractivity contribution < 1.29 is 5.11 Å². The third-order valence-corrected chi connectivity index (χ3v) is 5.75. The molecule has 1 aliphatic heterocycles. The van der Waals surface area contributed by atoms with Gasteiger partial charge in [-0.2, -0.15) is 15.3 Å². The largest absolute Gasteiger partial charge is 0.380 e. The monoisotopic (exact) mass is 395 g/mol. The van der Waals surface area contributed by atoms with Crippen LogP contribution < -0.4 is 0 Å². The average Bonchev–Trinajstić information content (AvgIpc) is 3.33. The Balaban J connectivity index is 1.54. The van der Waals surface area contributed by atoms with Gasteiger partial charge in [0.25, 0.3) is 0 Å². The number of allylic oxidation sites excluding steroid dienone is 1. The zero-order valence-corrected chi connectivity index (χ0v) is 17.4. The van der Waals surface area contributed by atoms with Gasteiger partial charge in [-0.3, -0.25) is 18.9 Å². The topological polar surface area (TPSA) is 76.9 Å². The van der Waals surface area contributed by atoms with Gasteiger partial charge >= 0.3 is 0 Å². The molecule has 0 unspecified atom stereocenters. The summed E-state index contributed by atoms with van der Waals surface area (Å²) in [6.45, 7) is 12.3. The number of hydrogen-bond acceptors (Lipinski definition) is 5. The lowest BCUT2D eigenvalue weighted by Gasteiger charge is -2.19. The summed E-state index contributed by atoms with van der Waals surface area (Å²) in [5, 5.41) is 24.2. The zero-order chi connectivity index (χ0) is 20.5. The van der Waals surface area contributed by atoms with Crippen LogP contribution in [0.5, 0.6) is 0 Å². The fourth-order valence-corrected chi connectivity index (χ4v) is 4.11. The van der Waals surface area contributed by atoms with Gasteiger partial charge in [-0.15, -0.1) is 6.58 Å². The van der Waals surface area contributed by atoms with Gasteiger partial charge in [0.15, 0.2) is 0 Å². The van der Waals surface area contributed by atoms with Crippen molar-refractivity contribution in [2.45, 2.75) is 52.6 Å². The highest BCUT2D eigenvalue weighted by Gasteiger charge is 2.23. The molecule has 1 aliphatic rings. The highest BCUT2D eigenvalue weighted by molar-refractivity contribution is 5.25. The summed E-state index contributed by atoms with van der Waals surface area (Å²) in [6.07, 6.45) is 3.83. The quantitative estimate of drug-likeness (QED) is 0.647. The summed E-state index contributed by atoms with van der Waals surface area (Å²) in [7, 11) is 1.83. The van der Waals surface area contributed by atoms with Gasteiger partial charge in [-0.05, 0) is 32.4 Å². The molecule has 0 bridgehead atoms. The van der Waals surface area contributed by atoms with Crippen LogP contribution >= 0.6 is 0 Å². The minimum atomic E-state index is -0.767. The second-order valence-electron chi connectivity index (χ2n) is 7.75. The fourth-order valence-electron chi connectivity index (χ4n) is 4.11. The first-order chi connectivity index (χ1) is 14.0. The van der Waals surface area contributed by atoms with Crippen LogP contribution in [0, 0.1) is 13.8 Å². The van der Waals surface area contributed by atoms with Crippen LogP contribution in [0.15, 0.2) is 31.0 Å². The number of hydrogen-bond donors (Lipinski definition) is 1. The summed E-state index contributed by atoms with van der Waals surface area (Å²) in [6, 6.07) is 3.85. The molecular weight excluding hydrogens is 366 g/mol. The molecule has 0 aromatic carbocycles. The van der Waals surface area contributed by atoms with Gasteiger partial charge in [0.2, 0.25) is 0 Å². The van der Waals surface area contributed by atoms with E-state index in [1.165, 1.54) is 11.3 Å². The molecule has 29 heavy (non-hydrogen) atoms. The minimum absolute atomic E-state index is 0.677. The molecule has 0 fully saturated rings. The maximum atomic E-state index is 10.7. The Morgan fingerprint density at radius 2 is 2.10 bits per heavy atom. The van der Waals surface area contributed by atoms with Crippen molar-refractivity contribution in [2.75, 3.05) is 6.54 Å². The van der Waals surface area contributed by atoms with E-state index >= 15 is 0 Å². The molecule has 3 aromatic rings. The first-order valence-electron chi connectivity index (χ1n) is 10.1. The molecule has 8 nitrogen and oxygen atoms in total. The van der Waals surface area contributed by atoms with E-state index < -0.39 is 6.10 Å². The molecule has 4 rings (SSSR count). The summed E-state index contributed by atoms with van der Waals surface area (Å²) < 4.78 is 5.74. The Bertz CT molecular complexity index is 1010. The van der Waals surface area contributed by atoms with Crippen molar-refractivity contribution in [1.82, 2.24) is 34.2 Å². The van der Waals surface area contributed by atoms with E-state index in [0.717, 1.165) is 56.2 Å². The smallest absolute Gasteiger partial charge is 0.139 e. The highest BCUT2D eigenvalue weighted by Crippen LogP contribution is 2.24. The maximum Gasteiger partial charge on any atom is 0.139 e. The SMILES string of the molecule is C=CCn1nc(C)c(CN2CCCn3nc([C@@H](O)c4ccnn4C)cc3C2)c1C. The molecule has 154 valence electrons. The molecule has 0 spiro atoms. The number of nitrogens with zero attached hydrogens (tertiary/aromatic N) is 7. The standard InChI is InChI=1S/C21H29N7O/c1-5-9-27-16(3)18(15(2)23-27)14-26-10-6-11-28-17(13-26)12-19(24-28)21(29)20-7-8-22-25(20)4/h5,7-8,12,21,29H,1,6,9-11,13-14H2,2-4H3/t21-/m1/s1. The summed E-state index contributed by atoms with van der Waals surface area (Å²) >= 11 is 0. The van der Waals surface area contributed by atoms with Crippen molar-refractivity contribution in [2.24, 2.45) is 7.05 Å². The summed E-state index contributed by atoms with van der Waals surface area (Å²) in [5.41, 5.74) is 6.12. The molecule has 8 heteroatoms. The first-order valence-corrected chi connectivity index (χ1v) is 10.1. The van der Waals surface area contributed by atoms with Crippen molar-refractivity contribution in [3.8, 4) is 0 Å². The van der Waals surface area contributed by atoms with E-state index in [1.807, 2.05) is 34.6 Å². The Kier molecular flexibility index (Phi) is 5.38. The predicted molar refractivity (Wildman–Crippen MR) is 110 cm³/mol. The number of aryl methyl sites for hydroxylation is 3. The molecule has 0 saturated carbocycles. The molecular formula is C21H29N7O. The zero-order valence-electron chi connectivity index (χ0n) is 17.4. The molecule has 1 N–H and O–H groups in total. The Morgan fingerprint density at radius 1 is 1.28 bits per heavy atom. The second-order valence-corrected chi connectivity index (χ2v) is 7.75. The number of aliphatic hydroxyl groups excluding tert-OH is 1. The maximum absolute atomic E-state index is 10.7. The first kappa shape index (κ1) is 19.6. The molecule has 0 amide bonds. The van der Waals surface area contributed by atoms with Gasteiger partial charge in [-0.25, -0.2) is 0 Å². The molecule has 3 aromatic heterocycles. The van der Waals surface area contributed by atoms with Gasteiger partial charge in [-0.1, -0.05) is 6.08 Å². The van der Waals surface area contributed by atoms with Crippen LogP contribution in [0.25, 0.3) is 0 Å². The van der Waals surface area contributed by atoms with Crippen LogP contribution in [-0.4, -0.2) is 45.9 Å². The van der Waals surface area contributed by atoms with E-state index in [0.29, 0.717) is 5.69 Å². The van der Waals surface area contributed by atoms with Crippen LogP contribution in [0.1, 0.15) is 46.6 Å². The average molecular weight is 396 g/mol. The van der Waals surface area contributed by atoms with E-state index in [4.69, 9.17) is 0 Å². The molecule has 0 aliphatic carbocycles. The van der Waals surface area contributed by atoms with Crippen molar-refractivity contribution >= 4 is 0 Å². The Hall–Kier alpha value is -2.71. The number of aromatic nitrogens is 6. The van der Waals surface area contributed by atoms with Crippen molar-refractivity contribution in [3.05, 3.63) is 65.0 Å². The molecule has 4 heterocycles. The minimum Gasteiger partial charge on any atom is -0.380 e. The number of rotatable bonds is 6. The second kappa shape index (κ2) is 7.96. The fraction of sp³-hybridized carbons (Fsp3) is 0.476. The number of fused-ring (bicyclic) bond motifs is 1. The highest BCUT2D eigenvalue weighted by atomic mass is 16.3. The summed E-state index contributed by atoms with van der Waals surface area (Å²) in [5.74, 6) is 0. The molecule has 1 atom stereocenters. The van der Waals surface area contributed by atoms with Crippen LogP contribution in [0.2, 0.25) is 0 Å². The molecule has 0 saturated heterocycles. The van der Waals surface area contributed by atoms with Gasteiger partial charge in [0, 0.05) is 50.7 Å². The lowest BCUT2D eigenvalue weighted by molar-refractivity contribution is 0.203. The van der Waals surface area contributed by atoms with Gasteiger partial charge in [0.1, 0.15) is 6.10 Å². The third kappa shape index (κ3) is 3.77. The normalized spacial score (nSPS) is 15.9. The van der Waals surface area contributed by atoms with E-state index in [1.54, 1.807) is 10.9 Å². The third-order valence-electron chi connectivity index (χ3n) is 5.75. The van der Waals surface area contributed by atoms with Crippen LogP contribution in [-0.2, 0) is 33.2 Å². The van der Waals surface area contributed by atoms with E-state index in [2.05, 4.69) is 40.6 Å². The lowest BCUT2D eigenvalue weighted by Crippen LogP contribution is -2.23. The van der Waals surface area contributed by atoms with E-state index in [9.17, 15) is 5.11 Å². The summed E-state index contributed by atoms with van der Waals surface area (Å²) in [4.78, 5) is 2.44. The van der Waals surface area contributed by atoms with Crippen molar-refractivity contribution in [3.63, 3.8) is 0 Å². The predicted octanol–water partition coefficient (Wildman–Crippen LogP) is 2.10. The van der Waals surface area contributed by atoms with E-state index in [-0.39, 0.29) is 0 Å². The molecule has 0 radical (unpaired) electrons. The van der Waals surface area contributed by atoms with Crippen LogP contribution in [0.3, 0.4) is 0 Å². The Labute approximate surface area is 171 Å². The lowest BCUT2D eigenvalue weighted by atomic mass is 10.1. The van der Waals surface area contributed by atoms with Gasteiger partial charge in [0.05, 0.1) is 29.3 Å². The van der Waals surface area contributed by atoms with Crippen LogP contribution in [0.4, 0.5) is 0 Å². The van der Waals surface area contributed by atoms with Crippen molar-refractivity contribution in [1.29, 1.82) is 0 Å². The van der Waals surface area contributed by atoms with Gasteiger partial charge < -0.3 is 5.11 Å². The number of aliphatic hydroxyl groups is 1. The Morgan fingerprint density at radius 3 is 2.83 bits per heavy atom.